The number of nitrogen functional groups attached to an aromatic ring is 1. The largest absolute Gasteiger partial charge is 0.462 e. The monoisotopic (exact) mass is 581 g/mol. The zero-order valence-electron chi connectivity index (χ0n) is 23.7. The smallest absolute Gasteiger partial charge is 0.341 e. The van der Waals surface area contributed by atoms with Crippen LogP contribution in [0.5, 0.6) is 0 Å². The van der Waals surface area contributed by atoms with Gasteiger partial charge in [0.2, 0.25) is 0 Å². The number of esters is 1. The first kappa shape index (κ1) is 27.9. The number of fused-ring (bicyclic) bond motifs is 5. The first-order chi connectivity index (χ1) is 19.2. The van der Waals surface area contributed by atoms with Gasteiger partial charge < -0.3 is 15.6 Å². The van der Waals surface area contributed by atoms with Crippen LogP contribution in [0.2, 0.25) is 5.02 Å². The summed E-state index contributed by atoms with van der Waals surface area (Å²) < 4.78 is 5.51. The second kappa shape index (κ2) is 10.6. The fourth-order valence-electron chi connectivity index (χ4n) is 8.99. The molecule has 0 amide bonds. The highest BCUT2D eigenvalue weighted by molar-refractivity contribution is 7.20. The molecule has 7 atom stereocenters. The molecule has 0 radical (unpaired) electrons. The molecule has 3 N–H and O–H groups in total. The van der Waals surface area contributed by atoms with Gasteiger partial charge in [-0.3, -0.25) is 0 Å². The highest BCUT2D eigenvalue weighted by atomic mass is 35.5. The van der Waals surface area contributed by atoms with Gasteiger partial charge in [0.25, 0.3) is 0 Å². The van der Waals surface area contributed by atoms with E-state index in [2.05, 4.69) is 30.2 Å². The van der Waals surface area contributed by atoms with E-state index in [-0.39, 0.29) is 28.8 Å². The predicted octanol–water partition coefficient (Wildman–Crippen LogP) is 8.98. The summed E-state index contributed by atoms with van der Waals surface area (Å²) in [5.41, 5.74) is 10.4. The Morgan fingerprint density at radius 2 is 1.90 bits per heavy atom. The van der Waals surface area contributed by atoms with Crippen LogP contribution >= 0.6 is 22.9 Å². The minimum Gasteiger partial charge on any atom is -0.462 e. The molecule has 1 aromatic carbocycles. The number of anilines is 1. The van der Waals surface area contributed by atoms with Crippen LogP contribution in [-0.4, -0.2) is 23.8 Å². The van der Waals surface area contributed by atoms with Crippen LogP contribution in [0.15, 0.2) is 46.1 Å². The van der Waals surface area contributed by atoms with Crippen LogP contribution < -0.4 is 5.73 Å². The number of nitrogens with zero attached hydrogens (tertiary/aromatic N) is 2. The van der Waals surface area contributed by atoms with Gasteiger partial charge in [0, 0.05) is 10.6 Å². The normalized spacial score (nSPS) is 35.1. The summed E-state index contributed by atoms with van der Waals surface area (Å²) in [7, 11) is 0. The SMILES string of the molecule is CCOC(=O)c1c(N)sc(N=Nc2ccc(Cl)cc2)c1C1CC[C@H]2[C@@H]3CC=C4C[C@@H](O)CC[C@]4(C)[C@H]3CC[C@]12C. The van der Waals surface area contributed by atoms with Crippen LogP contribution in [0.1, 0.15) is 94.0 Å². The number of ether oxygens (including phenoxy) is 1. The van der Waals surface area contributed by atoms with Gasteiger partial charge in [0.1, 0.15) is 10.0 Å². The quantitative estimate of drug-likeness (QED) is 0.209. The zero-order chi connectivity index (χ0) is 28.2. The molecule has 40 heavy (non-hydrogen) atoms. The molecular formula is C32H40ClN3O3S. The predicted molar refractivity (Wildman–Crippen MR) is 161 cm³/mol. The molecule has 1 unspecified atom stereocenters. The number of hydrogen-bond donors (Lipinski definition) is 2. The van der Waals surface area contributed by atoms with E-state index < -0.39 is 0 Å². The molecule has 214 valence electrons. The number of rotatable bonds is 5. The maximum Gasteiger partial charge on any atom is 0.341 e. The van der Waals surface area contributed by atoms with Crippen molar-refractivity contribution in [2.24, 2.45) is 38.8 Å². The Kier molecular flexibility index (Phi) is 7.37. The maximum absolute atomic E-state index is 13.3. The van der Waals surface area contributed by atoms with Crippen LogP contribution in [0.4, 0.5) is 15.7 Å². The molecule has 6 nitrogen and oxygen atoms in total. The Morgan fingerprint density at radius 3 is 2.65 bits per heavy atom. The number of azo groups is 1. The van der Waals surface area contributed by atoms with Crippen LogP contribution in [-0.2, 0) is 4.74 Å². The van der Waals surface area contributed by atoms with Crippen molar-refractivity contribution in [2.75, 3.05) is 12.3 Å². The van der Waals surface area contributed by atoms with Crippen molar-refractivity contribution in [3.63, 3.8) is 0 Å². The van der Waals surface area contributed by atoms with Gasteiger partial charge in [-0.2, -0.15) is 0 Å². The van der Waals surface area contributed by atoms with Crippen LogP contribution in [0.25, 0.3) is 0 Å². The summed E-state index contributed by atoms with van der Waals surface area (Å²) >= 11 is 7.39. The molecule has 1 heterocycles. The van der Waals surface area contributed by atoms with Gasteiger partial charge in [-0.1, -0.05) is 48.4 Å². The van der Waals surface area contributed by atoms with Crippen LogP contribution in [0, 0.1) is 28.6 Å². The number of aliphatic hydroxyl groups excluding tert-OH is 1. The molecule has 0 saturated heterocycles. The van der Waals surface area contributed by atoms with E-state index in [1.54, 1.807) is 12.1 Å². The molecule has 2 aromatic rings. The van der Waals surface area contributed by atoms with Gasteiger partial charge in [0.05, 0.1) is 24.0 Å². The molecule has 0 aliphatic heterocycles. The number of halogens is 1. The third-order valence-corrected chi connectivity index (χ3v) is 12.1. The van der Waals surface area contributed by atoms with E-state index in [0.29, 0.717) is 50.6 Å². The van der Waals surface area contributed by atoms with Crippen molar-refractivity contribution in [1.29, 1.82) is 0 Å². The van der Waals surface area contributed by atoms with Crippen molar-refractivity contribution in [1.82, 2.24) is 0 Å². The molecular weight excluding hydrogens is 542 g/mol. The molecule has 0 spiro atoms. The lowest BCUT2D eigenvalue weighted by molar-refractivity contribution is -0.0409. The minimum atomic E-state index is -0.363. The molecule has 1 aromatic heterocycles. The van der Waals surface area contributed by atoms with E-state index >= 15 is 0 Å². The number of carbonyl (C=O) groups excluding carboxylic acids is 1. The summed E-state index contributed by atoms with van der Waals surface area (Å²) in [5.74, 6) is 1.64. The van der Waals surface area contributed by atoms with Gasteiger partial charge >= 0.3 is 5.97 Å². The minimum absolute atomic E-state index is 0.0380. The second-order valence-corrected chi connectivity index (χ2v) is 14.3. The summed E-state index contributed by atoms with van der Waals surface area (Å²) in [6.45, 7) is 7.03. The number of benzene rings is 1. The first-order valence-corrected chi connectivity index (χ1v) is 16.0. The maximum atomic E-state index is 13.3. The summed E-state index contributed by atoms with van der Waals surface area (Å²) in [6, 6.07) is 7.25. The van der Waals surface area contributed by atoms with E-state index in [0.717, 1.165) is 50.5 Å². The standard InChI is InChI=1S/C32H40ClN3O3S/c1-4-39-30(38)27-26(29(40-28(27)34)36-35-20-8-6-19(33)7-9-20)25-12-11-23-22-10-5-18-17-21(37)13-15-31(18,2)24(22)14-16-32(23,25)3/h5-9,21-25,37H,4,10-17,34H2,1-3H3/t21-,22-,23-,24-,25?,31-,32-/m0/s1. The number of allylic oxidation sites excluding steroid dienone is 1. The van der Waals surface area contributed by atoms with Crippen molar-refractivity contribution < 1.29 is 14.6 Å². The summed E-state index contributed by atoms with van der Waals surface area (Å²) in [6.07, 6.45) is 10.6. The third-order valence-electron chi connectivity index (χ3n) is 10.9. The van der Waals surface area contributed by atoms with Gasteiger partial charge in [0.15, 0.2) is 0 Å². The van der Waals surface area contributed by atoms with E-state index in [1.807, 2.05) is 19.1 Å². The Balaban J connectivity index is 1.37. The zero-order valence-corrected chi connectivity index (χ0v) is 25.2. The number of thiophene rings is 1. The number of carbonyl (C=O) groups is 1. The molecule has 6 rings (SSSR count). The molecule has 4 aliphatic carbocycles. The average Bonchev–Trinajstić information content (AvgIpc) is 3.44. The highest BCUT2D eigenvalue weighted by Crippen LogP contribution is 2.69. The van der Waals surface area contributed by atoms with Gasteiger partial charge in [-0.15, -0.1) is 10.2 Å². The fourth-order valence-corrected chi connectivity index (χ4v) is 10.1. The Bertz CT molecular complexity index is 1350. The highest BCUT2D eigenvalue weighted by Gasteiger charge is 2.59. The molecule has 3 saturated carbocycles. The molecule has 4 aliphatic rings. The third kappa shape index (κ3) is 4.53. The first-order valence-electron chi connectivity index (χ1n) is 14.8. The van der Waals surface area contributed by atoms with Gasteiger partial charge in [-0.05, 0) is 117 Å². The van der Waals surface area contributed by atoms with E-state index in [9.17, 15) is 9.90 Å². The number of aliphatic hydroxyl groups is 1. The lowest BCUT2D eigenvalue weighted by Gasteiger charge is -2.58. The Hall–Kier alpha value is -2.22. The molecule has 3 fully saturated rings. The lowest BCUT2D eigenvalue weighted by Crippen LogP contribution is -2.50. The second-order valence-electron chi connectivity index (χ2n) is 12.8. The van der Waals surface area contributed by atoms with Gasteiger partial charge in [-0.25, -0.2) is 4.79 Å². The fraction of sp³-hybridized carbons (Fsp3) is 0.594. The van der Waals surface area contributed by atoms with Crippen molar-refractivity contribution in [3.8, 4) is 0 Å². The summed E-state index contributed by atoms with van der Waals surface area (Å²) in [4.78, 5) is 13.3. The van der Waals surface area contributed by atoms with Crippen molar-refractivity contribution >= 4 is 44.6 Å². The average molecular weight is 582 g/mol. The lowest BCUT2D eigenvalue weighted by atomic mass is 9.47. The van der Waals surface area contributed by atoms with E-state index in [4.69, 9.17) is 22.1 Å². The Labute approximate surface area is 246 Å². The molecule has 0 bridgehead atoms. The Morgan fingerprint density at radius 1 is 1.12 bits per heavy atom. The summed E-state index contributed by atoms with van der Waals surface area (Å²) in [5, 5.41) is 21.4. The van der Waals surface area contributed by atoms with Crippen LogP contribution in [0.3, 0.4) is 0 Å². The van der Waals surface area contributed by atoms with E-state index in [1.165, 1.54) is 23.3 Å². The van der Waals surface area contributed by atoms with Crippen molar-refractivity contribution in [2.45, 2.75) is 84.2 Å². The van der Waals surface area contributed by atoms with Crippen molar-refractivity contribution in [3.05, 3.63) is 52.1 Å². The number of nitrogens with two attached hydrogens (primary N) is 1. The molecule has 8 heteroatoms. The number of hydrogen-bond acceptors (Lipinski definition) is 7. The topological polar surface area (TPSA) is 97.3 Å².